The van der Waals surface area contributed by atoms with E-state index in [1.54, 1.807) is 6.21 Å². The Bertz CT molecular complexity index is 1620. The van der Waals surface area contributed by atoms with Crippen molar-refractivity contribution < 1.29 is 9.15 Å². The molecule has 0 bridgehead atoms. The molecule has 4 nitrogen and oxygen atoms in total. The topological polar surface area (TPSA) is 58.5 Å². The zero-order chi connectivity index (χ0) is 26.5. The summed E-state index contributed by atoms with van der Waals surface area (Å²) < 4.78 is 14.8. The van der Waals surface area contributed by atoms with Crippen molar-refractivity contribution in [3.05, 3.63) is 127 Å². The minimum absolute atomic E-state index is 0.257. The highest BCUT2D eigenvalue weighted by atomic mass is 79.9. The minimum atomic E-state index is 0.257. The van der Waals surface area contributed by atoms with Crippen LogP contribution in [-0.4, -0.2) is 6.21 Å². The SMILES string of the molecule is N#Cc1c(N=Cc2cc(Br)c(OCc3ccc(Br)cc3)c(Br)c2)oc(-c2ccccc2)c1-c1ccccc1. The average Bonchev–Trinajstić information content (AvgIpc) is 3.32. The van der Waals surface area contributed by atoms with E-state index in [1.807, 2.05) is 97.1 Å². The molecule has 0 saturated heterocycles. The number of benzene rings is 4. The van der Waals surface area contributed by atoms with Crippen molar-refractivity contribution in [3.63, 3.8) is 0 Å². The van der Waals surface area contributed by atoms with E-state index in [1.165, 1.54) is 0 Å². The van der Waals surface area contributed by atoms with Crippen molar-refractivity contribution in [2.75, 3.05) is 0 Å². The molecule has 0 spiro atoms. The Morgan fingerprint density at radius 3 is 2.03 bits per heavy atom. The molecule has 0 unspecified atom stereocenters. The lowest BCUT2D eigenvalue weighted by Crippen LogP contribution is -1.97. The van der Waals surface area contributed by atoms with Crippen LogP contribution in [0.15, 0.2) is 120 Å². The largest absolute Gasteiger partial charge is 0.487 e. The fourth-order valence-corrected chi connectivity index (χ4v) is 5.66. The van der Waals surface area contributed by atoms with Crippen LogP contribution in [0.25, 0.3) is 22.5 Å². The molecule has 0 N–H and O–H groups in total. The maximum Gasteiger partial charge on any atom is 0.238 e. The lowest BCUT2D eigenvalue weighted by molar-refractivity contribution is 0.302. The van der Waals surface area contributed by atoms with Crippen molar-refractivity contribution in [1.82, 2.24) is 0 Å². The summed E-state index contributed by atoms with van der Waals surface area (Å²) in [6, 6.07) is 33.6. The van der Waals surface area contributed by atoms with Gasteiger partial charge in [0.1, 0.15) is 29.7 Å². The van der Waals surface area contributed by atoms with Crippen LogP contribution in [0.2, 0.25) is 0 Å². The minimum Gasteiger partial charge on any atom is -0.487 e. The monoisotopic (exact) mass is 688 g/mol. The standard InChI is InChI=1S/C31H19Br3N2O2/c32-24-13-11-20(12-14-24)19-37-30-26(33)15-21(16-27(30)34)18-36-31-25(17-35)28(22-7-3-1-4-8-22)29(38-31)23-9-5-2-6-10-23/h1-16,18H,19H2. The number of hydrogen-bond donors (Lipinski definition) is 0. The number of ether oxygens (including phenoxy) is 1. The van der Waals surface area contributed by atoms with Gasteiger partial charge in [-0.2, -0.15) is 5.26 Å². The molecule has 0 saturated carbocycles. The Hall–Kier alpha value is -3.44. The second kappa shape index (κ2) is 12.0. The van der Waals surface area contributed by atoms with Crippen molar-refractivity contribution in [2.45, 2.75) is 6.61 Å². The van der Waals surface area contributed by atoms with Gasteiger partial charge in [0.05, 0.1) is 8.95 Å². The third-order valence-electron chi connectivity index (χ3n) is 5.75. The Kier molecular flexibility index (Phi) is 8.23. The van der Waals surface area contributed by atoms with E-state index in [9.17, 15) is 5.26 Å². The quantitative estimate of drug-likeness (QED) is 0.160. The number of aliphatic imine (C=N–C) groups is 1. The summed E-state index contributed by atoms with van der Waals surface area (Å²) in [6.45, 7) is 0.431. The van der Waals surface area contributed by atoms with Gasteiger partial charge in [-0.05, 0) is 72.8 Å². The number of nitriles is 1. The zero-order valence-corrected chi connectivity index (χ0v) is 24.6. The molecule has 5 rings (SSSR count). The first-order valence-corrected chi connectivity index (χ1v) is 14.0. The van der Waals surface area contributed by atoms with Gasteiger partial charge >= 0.3 is 0 Å². The lowest BCUT2D eigenvalue weighted by atomic mass is 9.98. The van der Waals surface area contributed by atoms with Gasteiger partial charge in [-0.3, -0.25) is 0 Å². The summed E-state index contributed by atoms with van der Waals surface area (Å²) in [5.41, 5.74) is 4.75. The molecule has 0 amide bonds. The molecule has 4 aromatic carbocycles. The Labute approximate surface area is 246 Å². The van der Waals surface area contributed by atoms with Crippen LogP contribution < -0.4 is 4.74 Å². The zero-order valence-electron chi connectivity index (χ0n) is 19.9. The Morgan fingerprint density at radius 2 is 1.42 bits per heavy atom. The highest BCUT2D eigenvalue weighted by molar-refractivity contribution is 9.11. The van der Waals surface area contributed by atoms with E-state index < -0.39 is 0 Å². The first-order valence-electron chi connectivity index (χ1n) is 11.6. The van der Waals surface area contributed by atoms with Crippen LogP contribution in [-0.2, 0) is 6.61 Å². The molecule has 1 heterocycles. The van der Waals surface area contributed by atoms with Gasteiger partial charge in [-0.1, -0.05) is 88.7 Å². The summed E-state index contributed by atoms with van der Waals surface area (Å²) in [6.07, 6.45) is 1.68. The van der Waals surface area contributed by atoms with Gasteiger partial charge in [0.15, 0.2) is 0 Å². The molecule has 1 aromatic heterocycles. The molecule has 0 fully saturated rings. The predicted octanol–water partition coefficient (Wildman–Crippen LogP) is 10.1. The molecule has 38 heavy (non-hydrogen) atoms. The molecule has 0 atom stereocenters. The molecular weight excluding hydrogens is 672 g/mol. The van der Waals surface area contributed by atoms with Crippen LogP contribution in [0.3, 0.4) is 0 Å². The molecular formula is C31H19Br3N2O2. The molecule has 0 aliphatic rings. The summed E-state index contributed by atoms with van der Waals surface area (Å²) in [5.74, 6) is 1.56. The normalized spacial score (nSPS) is 11.0. The second-order valence-electron chi connectivity index (χ2n) is 8.32. The maximum atomic E-state index is 10.1. The third-order valence-corrected chi connectivity index (χ3v) is 7.45. The van der Waals surface area contributed by atoms with Crippen molar-refractivity contribution in [2.24, 2.45) is 4.99 Å². The molecule has 0 radical (unpaired) electrons. The summed E-state index contributed by atoms with van der Waals surface area (Å²) in [4.78, 5) is 4.59. The Morgan fingerprint density at radius 1 is 0.816 bits per heavy atom. The van der Waals surface area contributed by atoms with E-state index in [4.69, 9.17) is 9.15 Å². The van der Waals surface area contributed by atoms with E-state index >= 15 is 0 Å². The molecule has 5 aromatic rings. The maximum absolute atomic E-state index is 10.1. The van der Waals surface area contributed by atoms with Crippen LogP contribution in [0.5, 0.6) is 5.75 Å². The van der Waals surface area contributed by atoms with Gasteiger partial charge in [0.25, 0.3) is 0 Å². The highest BCUT2D eigenvalue weighted by Crippen LogP contribution is 2.42. The average molecular weight is 691 g/mol. The number of hydrogen-bond acceptors (Lipinski definition) is 4. The van der Waals surface area contributed by atoms with Gasteiger partial charge in [-0.15, -0.1) is 0 Å². The third kappa shape index (κ3) is 5.83. The van der Waals surface area contributed by atoms with Crippen LogP contribution >= 0.6 is 47.8 Å². The molecule has 7 heteroatoms. The predicted molar refractivity (Wildman–Crippen MR) is 162 cm³/mol. The van der Waals surface area contributed by atoms with Gasteiger partial charge in [0.2, 0.25) is 5.88 Å². The van der Waals surface area contributed by atoms with Crippen molar-refractivity contribution in [1.29, 1.82) is 5.26 Å². The number of rotatable bonds is 7. The van der Waals surface area contributed by atoms with Gasteiger partial charge in [0, 0.05) is 21.8 Å². The Balaban J connectivity index is 1.47. The molecule has 186 valence electrons. The molecule has 0 aliphatic heterocycles. The van der Waals surface area contributed by atoms with Crippen LogP contribution in [0, 0.1) is 11.3 Å². The lowest BCUT2D eigenvalue weighted by Gasteiger charge is -2.11. The van der Waals surface area contributed by atoms with Crippen molar-refractivity contribution >= 4 is 59.9 Å². The number of halogens is 3. The summed E-state index contributed by atoms with van der Waals surface area (Å²) in [5, 5.41) is 10.1. The fraction of sp³-hybridized carbons (Fsp3) is 0.0323. The van der Waals surface area contributed by atoms with E-state index in [0.717, 1.165) is 41.2 Å². The smallest absolute Gasteiger partial charge is 0.238 e. The summed E-state index contributed by atoms with van der Waals surface area (Å²) >= 11 is 10.7. The van der Waals surface area contributed by atoms with Gasteiger partial charge < -0.3 is 9.15 Å². The first-order chi connectivity index (χ1) is 18.5. The second-order valence-corrected chi connectivity index (χ2v) is 10.9. The summed E-state index contributed by atoms with van der Waals surface area (Å²) in [7, 11) is 0. The number of furan rings is 1. The first kappa shape index (κ1) is 26.2. The highest BCUT2D eigenvalue weighted by Gasteiger charge is 2.22. The van der Waals surface area contributed by atoms with Crippen molar-refractivity contribution in [3.8, 4) is 34.3 Å². The van der Waals surface area contributed by atoms with Gasteiger partial charge in [-0.25, -0.2) is 4.99 Å². The fourth-order valence-electron chi connectivity index (χ4n) is 3.95. The van der Waals surface area contributed by atoms with Crippen LogP contribution in [0.1, 0.15) is 16.7 Å². The molecule has 0 aliphatic carbocycles. The van der Waals surface area contributed by atoms with E-state index in [2.05, 4.69) is 58.9 Å². The van der Waals surface area contributed by atoms with Crippen LogP contribution in [0.4, 0.5) is 5.88 Å². The van der Waals surface area contributed by atoms with E-state index in [0.29, 0.717) is 23.7 Å². The number of nitrogens with zero attached hydrogens (tertiary/aromatic N) is 2. The van der Waals surface area contributed by atoms with E-state index in [-0.39, 0.29) is 5.88 Å².